The van der Waals surface area contributed by atoms with E-state index in [2.05, 4.69) is 35.6 Å². The molecule has 0 spiro atoms. The maximum Gasteiger partial charge on any atom is 0.257 e. The molecule has 1 heterocycles. The Labute approximate surface area is 202 Å². The number of nitrogens with one attached hydrogen (secondary N) is 1. The number of carbonyl (C=O) groups excluding carboxylic acids is 1. The molecule has 0 atom stereocenters. The largest absolute Gasteiger partial charge is 0.298 e. The summed E-state index contributed by atoms with van der Waals surface area (Å²) in [5.41, 5.74) is 2.08. The highest BCUT2D eigenvalue weighted by Crippen LogP contribution is 2.28. The molecular formula is C26H23N3O3S2. The number of amides is 1. The molecular weight excluding hydrogens is 466 g/mol. The van der Waals surface area contributed by atoms with Crippen LogP contribution in [0.1, 0.15) is 10.4 Å². The summed E-state index contributed by atoms with van der Waals surface area (Å²) < 4.78 is 26.9. The molecule has 4 rings (SSSR count). The van der Waals surface area contributed by atoms with E-state index in [4.69, 9.17) is 0 Å². The standard InChI is InChI=1S/C26H23N3O3S2/c1-3-15-29(16-4-2)34(31,32)23-13-11-20(12-14-23)25(30)28-26-27-24(18-33-26)22-10-9-19-7-5-6-8-21(19)17-22/h3-14,17-18H,1-2,15-16H2,(H,27,28,30). The number of thiazole rings is 1. The van der Waals surface area contributed by atoms with Crippen LogP contribution in [-0.2, 0) is 10.0 Å². The predicted molar refractivity (Wildman–Crippen MR) is 139 cm³/mol. The summed E-state index contributed by atoms with van der Waals surface area (Å²) >= 11 is 1.33. The van der Waals surface area contributed by atoms with Crippen molar-refractivity contribution in [1.29, 1.82) is 0 Å². The van der Waals surface area contributed by atoms with E-state index in [1.807, 2.05) is 35.7 Å². The molecule has 8 heteroatoms. The van der Waals surface area contributed by atoms with Crippen LogP contribution in [0.4, 0.5) is 5.13 Å². The number of hydrogen-bond acceptors (Lipinski definition) is 5. The average Bonchev–Trinajstić information content (AvgIpc) is 3.32. The Morgan fingerprint density at radius 3 is 2.32 bits per heavy atom. The van der Waals surface area contributed by atoms with Crippen molar-refractivity contribution >= 4 is 43.2 Å². The fourth-order valence-corrected chi connectivity index (χ4v) is 5.56. The number of anilines is 1. The van der Waals surface area contributed by atoms with Gasteiger partial charge in [0.25, 0.3) is 5.91 Å². The predicted octanol–water partition coefficient (Wildman–Crippen LogP) is 5.58. The Hall–Kier alpha value is -3.59. The number of nitrogens with zero attached hydrogens (tertiary/aromatic N) is 2. The van der Waals surface area contributed by atoms with Crippen LogP contribution in [0.3, 0.4) is 0 Å². The number of rotatable bonds is 9. The highest BCUT2D eigenvalue weighted by atomic mass is 32.2. The van der Waals surface area contributed by atoms with Crippen LogP contribution in [0.15, 0.2) is 102 Å². The number of sulfonamides is 1. The minimum Gasteiger partial charge on any atom is -0.298 e. The smallest absolute Gasteiger partial charge is 0.257 e. The van der Waals surface area contributed by atoms with E-state index in [1.165, 1.54) is 52.1 Å². The third kappa shape index (κ3) is 4.99. The first kappa shape index (κ1) is 23.6. The van der Waals surface area contributed by atoms with E-state index in [0.717, 1.165) is 22.0 Å². The first-order valence-electron chi connectivity index (χ1n) is 10.5. The quantitative estimate of drug-likeness (QED) is 0.311. The van der Waals surface area contributed by atoms with Gasteiger partial charge in [-0.2, -0.15) is 4.31 Å². The maximum atomic E-state index is 12.8. The second-order valence-corrected chi connectivity index (χ2v) is 10.3. The van der Waals surface area contributed by atoms with Gasteiger partial charge in [-0.15, -0.1) is 24.5 Å². The van der Waals surface area contributed by atoms with Crippen molar-refractivity contribution < 1.29 is 13.2 Å². The highest BCUT2D eigenvalue weighted by Gasteiger charge is 2.22. The van der Waals surface area contributed by atoms with Gasteiger partial charge in [0.15, 0.2) is 5.13 Å². The molecule has 0 radical (unpaired) electrons. The fraction of sp³-hybridized carbons (Fsp3) is 0.0769. The van der Waals surface area contributed by atoms with Gasteiger partial charge in [-0.05, 0) is 41.1 Å². The zero-order chi connectivity index (χ0) is 24.1. The van der Waals surface area contributed by atoms with Crippen molar-refractivity contribution in [2.24, 2.45) is 0 Å². The Kier molecular flexibility index (Phi) is 7.02. The fourth-order valence-electron chi connectivity index (χ4n) is 3.47. The maximum absolute atomic E-state index is 12.8. The lowest BCUT2D eigenvalue weighted by atomic mass is 10.1. The van der Waals surface area contributed by atoms with Crippen molar-refractivity contribution in [2.75, 3.05) is 18.4 Å². The molecule has 0 fully saturated rings. The molecule has 34 heavy (non-hydrogen) atoms. The Morgan fingerprint density at radius 2 is 1.65 bits per heavy atom. The van der Waals surface area contributed by atoms with E-state index in [-0.39, 0.29) is 23.9 Å². The summed E-state index contributed by atoms with van der Waals surface area (Å²) in [6.45, 7) is 7.54. The Morgan fingerprint density at radius 1 is 0.971 bits per heavy atom. The minimum atomic E-state index is -3.72. The zero-order valence-corrected chi connectivity index (χ0v) is 20.0. The van der Waals surface area contributed by atoms with Gasteiger partial charge in [0, 0.05) is 29.6 Å². The molecule has 0 aliphatic carbocycles. The van der Waals surface area contributed by atoms with Crippen LogP contribution in [0.25, 0.3) is 22.0 Å². The van der Waals surface area contributed by atoms with Crippen LogP contribution in [0.2, 0.25) is 0 Å². The summed E-state index contributed by atoms with van der Waals surface area (Å²) in [4.78, 5) is 17.3. The van der Waals surface area contributed by atoms with Gasteiger partial charge >= 0.3 is 0 Å². The van der Waals surface area contributed by atoms with Crippen LogP contribution < -0.4 is 5.32 Å². The van der Waals surface area contributed by atoms with Crippen molar-refractivity contribution in [3.8, 4) is 11.3 Å². The lowest BCUT2D eigenvalue weighted by Gasteiger charge is -2.19. The molecule has 1 amide bonds. The van der Waals surface area contributed by atoms with E-state index in [0.29, 0.717) is 10.7 Å². The molecule has 172 valence electrons. The Balaban J connectivity index is 1.48. The molecule has 0 saturated heterocycles. The molecule has 0 aliphatic rings. The molecule has 1 N–H and O–H groups in total. The van der Waals surface area contributed by atoms with E-state index in [9.17, 15) is 13.2 Å². The van der Waals surface area contributed by atoms with Crippen LogP contribution >= 0.6 is 11.3 Å². The summed E-state index contributed by atoms with van der Waals surface area (Å²) in [6.07, 6.45) is 3.03. The van der Waals surface area contributed by atoms with Crippen molar-refractivity contribution in [3.05, 3.63) is 103 Å². The zero-order valence-electron chi connectivity index (χ0n) is 18.3. The SMILES string of the molecule is C=CCN(CC=C)S(=O)(=O)c1ccc(C(=O)Nc2nc(-c3ccc4ccccc4c3)cs2)cc1. The molecule has 3 aromatic carbocycles. The molecule has 0 saturated carbocycles. The number of carbonyl (C=O) groups is 1. The number of benzene rings is 3. The summed E-state index contributed by atoms with van der Waals surface area (Å²) in [5, 5.41) is 7.42. The number of hydrogen-bond donors (Lipinski definition) is 1. The van der Waals surface area contributed by atoms with Crippen molar-refractivity contribution in [2.45, 2.75) is 4.90 Å². The van der Waals surface area contributed by atoms with Gasteiger partial charge in [-0.3, -0.25) is 10.1 Å². The first-order chi connectivity index (χ1) is 16.4. The van der Waals surface area contributed by atoms with E-state index < -0.39 is 10.0 Å². The molecule has 0 unspecified atom stereocenters. The molecule has 6 nitrogen and oxygen atoms in total. The number of aromatic nitrogens is 1. The van der Waals surface area contributed by atoms with Crippen molar-refractivity contribution in [1.82, 2.24) is 9.29 Å². The van der Waals surface area contributed by atoms with E-state index in [1.54, 1.807) is 0 Å². The van der Waals surface area contributed by atoms with Crippen molar-refractivity contribution in [3.63, 3.8) is 0 Å². The number of fused-ring (bicyclic) bond motifs is 1. The second kappa shape index (κ2) is 10.1. The highest BCUT2D eigenvalue weighted by molar-refractivity contribution is 7.89. The molecule has 1 aromatic heterocycles. The summed E-state index contributed by atoms with van der Waals surface area (Å²) in [6, 6.07) is 20.0. The average molecular weight is 490 g/mol. The topological polar surface area (TPSA) is 79.4 Å². The summed E-state index contributed by atoms with van der Waals surface area (Å²) in [7, 11) is -3.72. The lowest BCUT2D eigenvalue weighted by molar-refractivity contribution is 0.102. The van der Waals surface area contributed by atoms with Crippen LogP contribution in [-0.4, -0.2) is 36.7 Å². The van der Waals surface area contributed by atoms with Gasteiger partial charge in [-0.25, -0.2) is 13.4 Å². The normalized spacial score (nSPS) is 11.4. The van der Waals surface area contributed by atoms with Gasteiger partial charge in [0.05, 0.1) is 10.6 Å². The third-order valence-corrected chi connectivity index (χ3v) is 7.79. The van der Waals surface area contributed by atoms with Gasteiger partial charge in [-0.1, -0.05) is 48.6 Å². The molecule has 4 aromatic rings. The van der Waals surface area contributed by atoms with Gasteiger partial charge in [0.1, 0.15) is 0 Å². The second-order valence-electron chi connectivity index (χ2n) is 7.48. The minimum absolute atomic E-state index is 0.0978. The monoisotopic (exact) mass is 489 g/mol. The third-order valence-electron chi connectivity index (χ3n) is 5.19. The van der Waals surface area contributed by atoms with E-state index >= 15 is 0 Å². The summed E-state index contributed by atoms with van der Waals surface area (Å²) in [5.74, 6) is -0.364. The molecule has 0 aliphatic heterocycles. The Bertz CT molecular complexity index is 1450. The molecule has 0 bridgehead atoms. The van der Waals surface area contributed by atoms with Crippen LogP contribution in [0, 0.1) is 0 Å². The van der Waals surface area contributed by atoms with Gasteiger partial charge < -0.3 is 0 Å². The van der Waals surface area contributed by atoms with Crippen LogP contribution in [0.5, 0.6) is 0 Å². The first-order valence-corrected chi connectivity index (χ1v) is 12.8. The lowest BCUT2D eigenvalue weighted by Crippen LogP contribution is -2.31. The van der Waals surface area contributed by atoms with Gasteiger partial charge in [0.2, 0.25) is 10.0 Å².